The number of rotatable bonds is 3. The third-order valence-corrected chi connectivity index (χ3v) is 4.70. The molecule has 1 aliphatic heterocycles. The lowest BCUT2D eigenvalue weighted by Gasteiger charge is -2.00. The molecule has 7 nitrogen and oxygen atoms in total. The van der Waals surface area contributed by atoms with Gasteiger partial charge in [-0.25, -0.2) is 0 Å². The summed E-state index contributed by atoms with van der Waals surface area (Å²) >= 11 is 0. The molecule has 5 rings (SSSR count). The zero-order valence-electron chi connectivity index (χ0n) is 14.5. The highest BCUT2D eigenvalue weighted by Crippen LogP contribution is 2.35. The standard InChI is InChI=1S/C21H14N4O3/c26-12-5-6-13-11(9-22-17(13)8-12)7-18-21(28)25-20(24-18)19(27)15-10-23-16-4-2-1-3-14(15)16/h1-10,23,26,28H,(H,24,25)/b11-7+. The van der Waals surface area contributed by atoms with E-state index in [4.69, 9.17) is 0 Å². The highest BCUT2D eigenvalue weighted by Gasteiger charge is 2.20. The summed E-state index contributed by atoms with van der Waals surface area (Å²) in [5, 5.41) is 20.6. The number of allylic oxidation sites excluding steroid dienone is 1. The quantitative estimate of drug-likeness (QED) is 0.411. The van der Waals surface area contributed by atoms with Crippen LogP contribution in [0.2, 0.25) is 0 Å². The fourth-order valence-corrected chi connectivity index (χ4v) is 3.32. The third-order valence-electron chi connectivity index (χ3n) is 4.70. The number of aliphatic imine (C=N–C) groups is 1. The number of aromatic nitrogens is 3. The van der Waals surface area contributed by atoms with Crippen molar-refractivity contribution in [2.24, 2.45) is 4.99 Å². The van der Waals surface area contributed by atoms with Crippen molar-refractivity contribution in [3.05, 3.63) is 71.3 Å². The monoisotopic (exact) mass is 370 g/mol. The maximum Gasteiger partial charge on any atom is 0.237 e. The number of hydrogen-bond donors (Lipinski definition) is 4. The van der Waals surface area contributed by atoms with E-state index in [9.17, 15) is 15.0 Å². The first-order valence-electron chi connectivity index (χ1n) is 8.59. The van der Waals surface area contributed by atoms with Crippen molar-refractivity contribution < 1.29 is 15.0 Å². The van der Waals surface area contributed by atoms with E-state index < -0.39 is 0 Å². The van der Waals surface area contributed by atoms with Gasteiger partial charge in [-0.3, -0.25) is 9.79 Å². The first kappa shape index (κ1) is 16.1. The van der Waals surface area contributed by atoms with Crippen LogP contribution in [-0.4, -0.2) is 37.2 Å². The van der Waals surface area contributed by atoms with Gasteiger partial charge in [0.05, 0.1) is 11.3 Å². The van der Waals surface area contributed by atoms with Crippen molar-refractivity contribution in [1.29, 1.82) is 0 Å². The highest BCUT2D eigenvalue weighted by molar-refractivity contribution is 6.21. The molecule has 2 aromatic heterocycles. The Kier molecular flexibility index (Phi) is 3.42. The van der Waals surface area contributed by atoms with E-state index in [1.807, 2.05) is 24.3 Å². The Balaban J connectivity index is 1.52. The normalized spacial score (nSPS) is 14.1. The Hall–Kier alpha value is -4.13. The Labute approximate surface area is 158 Å². The zero-order valence-corrected chi connectivity index (χ0v) is 14.5. The second-order valence-corrected chi connectivity index (χ2v) is 6.46. The molecule has 0 spiro atoms. The first-order valence-corrected chi connectivity index (χ1v) is 8.59. The number of nitrogens with one attached hydrogen (secondary N) is 2. The van der Waals surface area contributed by atoms with Crippen molar-refractivity contribution in [3.63, 3.8) is 0 Å². The lowest BCUT2D eigenvalue weighted by atomic mass is 10.1. The number of imidazole rings is 1. The number of aromatic hydroxyl groups is 2. The SMILES string of the molecule is O=C(c1nc(O)c(/C=C2\C=Nc3cc(O)ccc32)[nH]1)c1c[nH]c2ccccc12. The van der Waals surface area contributed by atoms with E-state index in [0.29, 0.717) is 16.9 Å². The van der Waals surface area contributed by atoms with Crippen LogP contribution in [0.15, 0.2) is 53.7 Å². The van der Waals surface area contributed by atoms with E-state index in [1.54, 1.807) is 36.7 Å². The molecule has 3 heterocycles. The van der Waals surface area contributed by atoms with Gasteiger partial charge in [-0.05, 0) is 24.3 Å². The van der Waals surface area contributed by atoms with Crippen molar-refractivity contribution in [3.8, 4) is 11.6 Å². The number of aromatic amines is 2. The molecule has 4 aromatic rings. The molecule has 0 atom stereocenters. The molecule has 1 aliphatic rings. The van der Waals surface area contributed by atoms with Gasteiger partial charge < -0.3 is 20.2 Å². The van der Waals surface area contributed by atoms with E-state index >= 15 is 0 Å². The lowest BCUT2D eigenvalue weighted by Crippen LogP contribution is -2.02. The van der Waals surface area contributed by atoms with Gasteiger partial charge in [-0.1, -0.05) is 18.2 Å². The minimum atomic E-state index is -0.317. The van der Waals surface area contributed by atoms with Crippen molar-refractivity contribution in [1.82, 2.24) is 15.0 Å². The number of phenolic OH excluding ortho intramolecular Hbond substituents is 1. The average molecular weight is 370 g/mol. The second kappa shape index (κ2) is 5.95. The molecule has 0 aliphatic carbocycles. The van der Waals surface area contributed by atoms with Gasteiger partial charge in [-0.2, -0.15) is 4.98 Å². The predicted molar refractivity (Wildman–Crippen MR) is 106 cm³/mol. The summed E-state index contributed by atoms with van der Waals surface area (Å²) in [5.74, 6) is -0.401. The molecule has 0 amide bonds. The number of carbonyl (C=O) groups is 1. The van der Waals surface area contributed by atoms with Gasteiger partial charge in [0.15, 0.2) is 5.82 Å². The summed E-state index contributed by atoms with van der Waals surface area (Å²) in [4.78, 5) is 27.0. The second-order valence-electron chi connectivity index (χ2n) is 6.46. The Morgan fingerprint density at radius 2 is 1.96 bits per heavy atom. The zero-order chi connectivity index (χ0) is 19.3. The van der Waals surface area contributed by atoms with Gasteiger partial charge in [0.2, 0.25) is 11.7 Å². The molecule has 7 heteroatoms. The van der Waals surface area contributed by atoms with Crippen LogP contribution in [0.5, 0.6) is 11.6 Å². The number of phenols is 1. The van der Waals surface area contributed by atoms with Crippen molar-refractivity contribution in [2.45, 2.75) is 0 Å². The van der Waals surface area contributed by atoms with Gasteiger partial charge in [-0.15, -0.1) is 0 Å². The van der Waals surface area contributed by atoms with Crippen LogP contribution in [0.25, 0.3) is 22.6 Å². The number of carbonyl (C=O) groups excluding carboxylic acids is 1. The summed E-state index contributed by atoms with van der Waals surface area (Å²) in [5.41, 5.74) is 3.83. The predicted octanol–water partition coefficient (Wildman–Crippen LogP) is 3.79. The Morgan fingerprint density at radius 1 is 1.11 bits per heavy atom. The van der Waals surface area contributed by atoms with Crippen molar-refractivity contribution >= 4 is 40.2 Å². The third kappa shape index (κ3) is 2.49. The van der Waals surface area contributed by atoms with Crippen LogP contribution in [0.4, 0.5) is 5.69 Å². The molecule has 136 valence electrons. The van der Waals surface area contributed by atoms with Crippen LogP contribution < -0.4 is 0 Å². The fraction of sp³-hybridized carbons (Fsp3) is 0. The Bertz CT molecular complexity index is 1310. The van der Waals surface area contributed by atoms with E-state index in [-0.39, 0.29) is 23.2 Å². The molecule has 2 aromatic carbocycles. The van der Waals surface area contributed by atoms with Crippen LogP contribution in [0.3, 0.4) is 0 Å². The largest absolute Gasteiger partial charge is 0.508 e. The smallest absolute Gasteiger partial charge is 0.237 e. The average Bonchev–Trinajstić information content (AvgIpc) is 3.39. The van der Waals surface area contributed by atoms with Crippen LogP contribution in [0.1, 0.15) is 27.4 Å². The molecule has 0 saturated heterocycles. The molecule has 0 bridgehead atoms. The Morgan fingerprint density at radius 3 is 2.86 bits per heavy atom. The maximum atomic E-state index is 12.9. The summed E-state index contributed by atoms with van der Waals surface area (Å²) < 4.78 is 0. The number of hydrogen-bond acceptors (Lipinski definition) is 5. The first-order chi connectivity index (χ1) is 13.6. The van der Waals surface area contributed by atoms with Crippen LogP contribution >= 0.6 is 0 Å². The van der Waals surface area contributed by atoms with Crippen molar-refractivity contribution in [2.75, 3.05) is 0 Å². The lowest BCUT2D eigenvalue weighted by molar-refractivity contribution is 0.103. The summed E-state index contributed by atoms with van der Waals surface area (Å²) in [6.07, 6.45) is 4.93. The van der Waals surface area contributed by atoms with E-state index in [2.05, 4.69) is 19.9 Å². The van der Waals surface area contributed by atoms with E-state index in [0.717, 1.165) is 22.0 Å². The number of fused-ring (bicyclic) bond motifs is 2. The summed E-state index contributed by atoms with van der Waals surface area (Å²) in [6, 6.07) is 12.4. The number of ketones is 1. The molecule has 0 fully saturated rings. The van der Waals surface area contributed by atoms with E-state index in [1.165, 1.54) is 0 Å². The fourth-order valence-electron chi connectivity index (χ4n) is 3.32. The van der Waals surface area contributed by atoms with Crippen LogP contribution in [0, 0.1) is 0 Å². The summed E-state index contributed by atoms with van der Waals surface area (Å²) in [6.45, 7) is 0. The molecule has 0 saturated carbocycles. The van der Waals surface area contributed by atoms with Gasteiger partial charge in [0, 0.05) is 40.5 Å². The summed E-state index contributed by atoms with van der Waals surface area (Å²) in [7, 11) is 0. The molecular formula is C21H14N4O3. The number of nitrogens with zero attached hydrogens (tertiary/aromatic N) is 2. The molecule has 0 radical (unpaired) electrons. The van der Waals surface area contributed by atoms with Crippen LogP contribution in [-0.2, 0) is 0 Å². The topological polar surface area (TPSA) is 114 Å². The number of H-pyrrole nitrogens is 2. The van der Waals surface area contributed by atoms with Gasteiger partial charge in [0.25, 0.3) is 0 Å². The molecular weight excluding hydrogens is 356 g/mol. The number of benzene rings is 2. The molecule has 4 N–H and O–H groups in total. The maximum absolute atomic E-state index is 12.9. The molecule has 28 heavy (non-hydrogen) atoms. The van der Waals surface area contributed by atoms with Gasteiger partial charge >= 0.3 is 0 Å². The number of para-hydroxylation sites is 1. The minimum absolute atomic E-state index is 0.0509. The minimum Gasteiger partial charge on any atom is -0.508 e. The molecule has 0 unspecified atom stereocenters. The van der Waals surface area contributed by atoms with Gasteiger partial charge in [0.1, 0.15) is 11.4 Å². The highest BCUT2D eigenvalue weighted by atomic mass is 16.3.